The van der Waals surface area contributed by atoms with Crippen LogP contribution in [0.1, 0.15) is 25.6 Å². The Kier molecular flexibility index (Phi) is 4.79. The van der Waals surface area contributed by atoms with Gasteiger partial charge in [-0.2, -0.15) is 4.31 Å². The largest absolute Gasteiger partial charge is 0.244 e. The maximum absolute atomic E-state index is 12.2. The van der Waals surface area contributed by atoms with E-state index in [1.54, 1.807) is 11.4 Å². The minimum Gasteiger partial charge on any atom is -0.207 e. The van der Waals surface area contributed by atoms with Gasteiger partial charge in [-0.05, 0) is 19.9 Å². The van der Waals surface area contributed by atoms with Crippen LogP contribution in [-0.4, -0.2) is 25.3 Å². The molecule has 0 bridgehead atoms. The second-order valence-electron chi connectivity index (χ2n) is 3.68. The quantitative estimate of drug-likeness (QED) is 0.778. The summed E-state index contributed by atoms with van der Waals surface area (Å²) in [5.41, 5.74) is 0. The summed E-state index contributed by atoms with van der Waals surface area (Å²) in [5, 5.41) is 1.65. The second kappa shape index (κ2) is 5.49. The van der Waals surface area contributed by atoms with Gasteiger partial charge in [0.25, 0.3) is 0 Å². The molecular formula is C10H16ClNO2S2. The monoisotopic (exact) mass is 281 g/mol. The Hall–Kier alpha value is -0.100. The van der Waals surface area contributed by atoms with E-state index in [0.717, 1.165) is 4.88 Å². The van der Waals surface area contributed by atoms with E-state index in [0.29, 0.717) is 17.3 Å². The lowest BCUT2D eigenvalue weighted by Gasteiger charge is -2.23. The maximum Gasteiger partial charge on any atom is 0.244 e. The molecule has 3 nitrogen and oxygen atoms in total. The number of nitrogens with zero attached hydrogens (tertiary/aromatic N) is 1. The van der Waals surface area contributed by atoms with E-state index in [2.05, 4.69) is 0 Å². The number of alkyl halides is 1. The molecule has 0 radical (unpaired) electrons. The van der Waals surface area contributed by atoms with Gasteiger partial charge in [0.1, 0.15) is 0 Å². The second-order valence-corrected chi connectivity index (χ2v) is 6.84. The van der Waals surface area contributed by atoms with Crippen molar-refractivity contribution in [1.29, 1.82) is 0 Å². The Morgan fingerprint density at radius 3 is 2.50 bits per heavy atom. The summed E-state index contributed by atoms with van der Waals surface area (Å²) < 4.78 is 25.9. The van der Waals surface area contributed by atoms with E-state index >= 15 is 0 Å². The smallest absolute Gasteiger partial charge is 0.207 e. The first-order valence-electron chi connectivity index (χ1n) is 5.08. The highest BCUT2D eigenvalue weighted by Gasteiger charge is 2.26. The minimum absolute atomic E-state index is 0.0330. The molecule has 0 saturated heterocycles. The van der Waals surface area contributed by atoms with E-state index < -0.39 is 10.0 Å². The van der Waals surface area contributed by atoms with E-state index in [9.17, 15) is 8.42 Å². The zero-order chi connectivity index (χ0) is 12.3. The summed E-state index contributed by atoms with van der Waals surface area (Å²) in [6, 6.07) is 1.62. The summed E-state index contributed by atoms with van der Waals surface area (Å²) in [4.78, 5) is 1.23. The Labute approximate surface area is 106 Å². The fourth-order valence-electron chi connectivity index (χ4n) is 1.51. The third-order valence-electron chi connectivity index (χ3n) is 2.26. The van der Waals surface area contributed by atoms with Crippen molar-refractivity contribution in [3.63, 3.8) is 0 Å². The SMILES string of the molecule is CCN(C(C)C)S(=O)(=O)c1csc(CCl)c1. The highest BCUT2D eigenvalue weighted by atomic mass is 35.5. The van der Waals surface area contributed by atoms with Crippen molar-refractivity contribution in [1.82, 2.24) is 4.31 Å². The van der Waals surface area contributed by atoms with Crippen LogP contribution in [0.4, 0.5) is 0 Å². The molecule has 0 spiro atoms. The third kappa shape index (κ3) is 2.77. The van der Waals surface area contributed by atoms with Crippen LogP contribution in [0.5, 0.6) is 0 Å². The number of thiophene rings is 1. The zero-order valence-corrected chi connectivity index (χ0v) is 12.0. The summed E-state index contributed by atoms with van der Waals surface area (Å²) in [7, 11) is -3.35. The topological polar surface area (TPSA) is 37.4 Å². The lowest BCUT2D eigenvalue weighted by Crippen LogP contribution is -2.36. The van der Waals surface area contributed by atoms with Gasteiger partial charge in [0.2, 0.25) is 10.0 Å². The molecule has 0 aliphatic carbocycles. The van der Waals surface area contributed by atoms with Gasteiger partial charge in [-0.1, -0.05) is 6.92 Å². The number of hydrogen-bond acceptors (Lipinski definition) is 3. The van der Waals surface area contributed by atoms with Crippen molar-refractivity contribution in [3.8, 4) is 0 Å². The molecule has 0 amide bonds. The molecule has 1 heterocycles. The first-order valence-corrected chi connectivity index (χ1v) is 7.94. The molecule has 0 saturated carbocycles. The van der Waals surface area contributed by atoms with Gasteiger partial charge in [-0.15, -0.1) is 22.9 Å². The van der Waals surface area contributed by atoms with Crippen LogP contribution in [0, 0.1) is 0 Å². The fourth-order valence-corrected chi connectivity index (χ4v) is 4.54. The average Bonchev–Trinajstić information content (AvgIpc) is 2.66. The molecule has 1 aromatic heterocycles. The minimum atomic E-state index is -3.35. The molecule has 0 atom stereocenters. The van der Waals surface area contributed by atoms with Gasteiger partial charge in [0.15, 0.2) is 0 Å². The Bertz CT molecular complexity index is 439. The van der Waals surface area contributed by atoms with Crippen LogP contribution in [0.3, 0.4) is 0 Å². The highest BCUT2D eigenvalue weighted by molar-refractivity contribution is 7.89. The lowest BCUT2D eigenvalue weighted by molar-refractivity contribution is 0.369. The molecule has 1 rings (SSSR count). The normalized spacial score (nSPS) is 12.6. The van der Waals surface area contributed by atoms with E-state index in [4.69, 9.17) is 11.6 Å². The van der Waals surface area contributed by atoms with Crippen molar-refractivity contribution in [2.75, 3.05) is 6.54 Å². The van der Waals surface area contributed by atoms with Crippen molar-refractivity contribution in [2.45, 2.75) is 37.6 Å². The van der Waals surface area contributed by atoms with Gasteiger partial charge in [0.05, 0.1) is 10.8 Å². The fraction of sp³-hybridized carbons (Fsp3) is 0.600. The lowest BCUT2D eigenvalue weighted by atomic mass is 10.4. The van der Waals surface area contributed by atoms with Crippen LogP contribution in [0.15, 0.2) is 16.3 Å². The van der Waals surface area contributed by atoms with Crippen LogP contribution in [-0.2, 0) is 15.9 Å². The van der Waals surface area contributed by atoms with Gasteiger partial charge < -0.3 is 0 Å². The summed E-state index contributed by atoms with van der Waals surface area (Å²) >= 11 is 7.05. The molecule has 6 heteroatoms. The maximum atomic E-state index is 12.2. The predicted octanol–water partition coefficient (Wildman–Crippen LogP) is 2.91. The number of hydrogen-bond donors (Lipinski definition) is 0. The molecule has 0 aliphatic rings. The summed E-state index contributed by atoms with van der Waals surface area (Å²) in [6.45, 7) is 6.06. The molecule has 1 aromatic rings. The van der Waals surface area contributed by atoms with Crippen molar-refractivity contribution < 1.29 is 8.42 Å². The van der Waals surface area contributed by atoms with Crippen LogP contribution in [0.25, 0.3) is 0 Å². The zero-order valence-electron chi connectivity index (χ0n) is 9.60. The Morgan fingerprint density at radius 2 is 2.12 bits per heavy atom. The van der Waals surface area contributed by atoms with Crippen LogP contribution in [0.2, 0.25) is 0 Å². The van der Waals surface area contributed by atoms with Gasteiger partial charge in [-0.25, -0.2) is 8.42 Å². The summed E-state index contributed by atoms with van der Waals surface area (Å²) in [5.74, 6) is 0.355. The molecule has 0 aliphatic heterocycles. The standard InChI is InChI=1S/C10H16ClNO2S2/c1-4-12(8(2)3)16(13,14)10-5-9(6-11)15-7-10/h5,7-8H,4,6H2,1-3H3. The van der Waals surface area contributed by atoms with Crippen molar-refractivity contribution >= 4 is 33.0 Å². The van der Waals surface area contributed by atoms with Crippen LogP contribution < -0.4 is 0 Å². The van der Waals surface area contributed by atoms with Crippen molar-refractivity contribution in [2.24, 2.45) is 0 Å². The summed E-state index contributed by atoms with van der Waals surface area (Å²) in [6.07, 6.45) is 0. The average molecular weight is 282 g/mol. The molecule has 0 N–H and O–H groups in total. The first-order chi connectivity index (χ1) is 7.43. The Morgan fingerprint density at radius 1 is 1.50 bits per heavy atom. The highest BCUT2D eigenvalue weighted by Crippen LogP contribution is 2.24. The molecular weight excluding hydrogens is 266 g/mol. The van der Waals surface area contributed by atoms with Crippen molar-refractivity contribution in [3.05, 3.63) is 16.3 Å². The number of rotatable bonds is 5. The predicted molar refractivity (Wildman–Crippen MR) is 68.6 cm³/mol. The number of halogens is 1. The molecule has 0 aromatic carbocycles. The third-order valence-corrected chi connectivity index (χ3v) is 5.92. The Balaban J connectivity index is 3.09. The van der Waals surface area contributed by atoms with Crippen LogP contribution >= 0.6 is 22.9 Å². The van der Waals surface area contributed by atoms with Gasteiger partial charge in [0, 0.05) is 22.8 Å². The van der Waals surface area contributed by atoms with E-state index in [1.807, 2.05) is 20.8 Å². The molecule has 0 unspecified atom stereocenters. The number of sulfonamides is 1. The van der Waals surface area contributed by atoms with Gasteiger partial charge >= 0.3 is 0 Å². The molecule has 16 heavy (non-hydrogen) atoms. The van der Waals surface area contributed by atoms with E-state index in [1.165, 1.54) is 15.6 Å². The molecule has 0 fully saturated rings. The van der Waals surface area contributed by atoms with Gasteiger partial charge in [-0.3, -0.25) is 0 Å². The van der Waals surface area contributed by atoms with E-state index in [-0.39, 0.29) is 6.04 Å². The molecule has 92 valence electrons. The first kappa shape index (κ1) is 14.0.